The number of nitrogens with one attached hydrogen (secondary N) is 1. The predicted octanol–water partition coefficient (Wildman–Crippen LogP) is 3.59. The van der Waals surface area contributed by atoms with Gasteiger partial charge in [-0.3, -0.25) is 0 Å². The van der Waals surface area contributed by atoms with Crippen molar-refractivity contribution in [3.63, 3.8) is 0 Å². The molecule has 2 atom stereocenters. The van der Waals surface area contributed by atoms with Gasteiger partial charge in [0.1, 0.15) is 5.82 Å². The highest BCUT2D eigenvalue weighted by molar-refractivity contribution is 9.11. The molecule has 1 aromatic rings. The molecule has 3 nitrogen and oxygen atoms in total. The van der Waals surface area contributed by atoms with Gasteiger partial charge in [0.15, 0.2) is 0 Å². The molecular formula is C11H14Br2N2O. The van der Waals surface area contributed by atoms with E-state index in [1.165, 1.54) is 0 Å². The first kappa shape index (κ1) is 12.3. The summed E-state index contributed by atoms with van der Waals surface area (Å²) >= 11 is 6.89. The van der Waals surface area contributed by atoms with Crippen molar-refractivity contribution in [1.82, 2.24) is 4.98 Å². The van der Waals surface area contributed by atoms with Gasteiger partial charge < -0.3 is 10.1 Å². The van der Waals surface area contributed by atoms with Crippen LogP contribution in [0.15, 0.2) is 21.2 Å². The molecule has 1 fully saturated rings. The summed E-state index contributed by atoms with van der Waals surface area (Å²) in [5.74, 6) is 0.907. The molecule has 1 N–H and O–H groups in total. The molecule has 1 saturated carbocycles. The molecule has 5 heteroatoms. The van der Waals surface area contributed by atoms with E-state index in [4.69, 9.17) is 4.74 Å². The number of aromatic nitrogens is 1. The lowest BCUT2D eigenvalue weighted by Gasteiger charge is -2.14. The standard InChI is InChI=1S/C11H14Br2N2O/c1-16-9-3-2-8(5-9)15-11-10(13)4-7(12)6-14-11/h4,6,8-9H,2-3,5H2,1H3,(H,14,15). The Morgan fingerprint density at radius 1 is 1.44 bits per heavy atom. The average molecular weight is 350 g/mol. The summed E-state index contributed by atoms with van der Waals surface area (Å²) in [4.78, 5) is 4.35. The minimum absolute atomic E-state index is 0.395. The minimum atomic E-state index is 0.395. The summed E-state index contributed by atoms with van der Waals surface area (Å²) in [5, 5.41) is 3.44. The third-order valence-electron chi connectivity index (χ3n) is 2.87. The highest BCUT2D eigenvalue weighted by Gasteiger charge is 2.24. The van der Waals surface area contributed by atoms with Crippen molar-refractivity contribution in [3.8, 4) is 0 Å². The van der Waals surface area contributed by atoms with Gasteiger partial charge in [0.05, 0.1) is 10.6 Å². The first-order chi connectivity index (χ1) is 7.69. The SMILES string of the molecule is COC1CCC(Nc2ncc(Br)cc2Br)C1. The number of ether oxygens (including phenoxy) is 1. The van der Waals surface area contributed by atoms with E-state index < -0.39 is 0 Å². The van der Waals surface area contributed by atoms with Crippen molar-refractivity contribution in [2.75, 3.05) is 12.4 Å². The Morgan fingerprint density at radius 3 is 2.88 bits per heavy atom. The summed E-state index contributed by atoms with van der Waals surface area (Å²) < 4.78 is 7.32. The lowest BCUT2D eigenvalue weighted by atomic mass is 10.2. The molecule has 1 aromatic heterocycles. The first-order valence-electron chi connectivity index (χ1n) is 5.29. The fourth-order valence-corrected chi connectivity index (χ4v) is 3.10. The summed E-state index contributed by atoms with van der Waals surface area (Å²) in [7, 11) is 1.78. The van der Waals surface area contributed by atoms with Gasteiger partial charge in [-0.2, -0.15) is 0 Å². The topological polar surface area (TPSA) is 34.1 Å². The van der Waals surface area contributed by atoms with Gasteiger partial charge in [0, 0.05) is 23.8 Å². The summed E-state index contributed by atoms with van der Waals surface area (Å²) in [6.07, 6.45) is 5.52. The largest absolute Gasteiger partial charge is 0.381 e. The van der Waals surface area contributed by atoms with Crippen LogP contribution in [0.1, 0.15) is 19.3 Å². The van der Waals surface area contributed by atoms with Crippen LogP contribution in [0.25, 0.3) is 0 Å². The Hall–Kier alpha value is -0.130. The fraction of sp³-hybridized carbons (Fsp3) is 0.545. The molecule has 0 radical (unpaired) electrons. The zero-order valence-electron chi connectivity index (χ0n) is 9.04. The van der Waals surface area contributed by atoms with Crippen molar-refractivity contribution >= 4 is 37.7 Å². The van der Waals surface area contributed by atoms with Crippen LogP contribution in [-0.2, 0) is 4.74 Å². The molecule has 0 aromatic carbocycles. The molecule has 0 spiro atoms. The lowest BCUT2D eigenvalue weighted by molar-refractivity contribution is 0.108. The third-order valence-corrected chi connectivity index (χ3v) is 3.90. The van der Waals surface area contributed by atoms with Crippen LogP contribution in [0.3, 0.4) is 0 Å². The molecule has 1 aliphatic carbocycles. The van der Waals surface area contributed by atoms with Crippen molar-refractivity contribution < 1.29 is 4.74 Å². The molecule has 88 valence electrons. The van der Waals surface area contributed by atoms with E-state index in [1.807, 2.05) is 6.07 Å². The van der Waals surface area contributed by atoms with E-state index in [-0.39, 0.29) is 0 Å². The Kier molecular flexibility index (Phi) is 4.21. The zero-order valence-corrected chi connectivity index (χ0v) is 12.2. The number of rotatable bonds is 3. The number of hydrogen-bond donors (Lipinski definition) is 1. The quantitative estimate of drug-likeness (QED) is 0.905. The Labute approximate surface area is 112 Å². The Bertz CT molecular complexity index is 373. The van der Waals surface area contributed by atoms with Crippen molar-refractivity contribution in [2.45, 2.75) is 31.4 Å². The van der Waals surface area contributed by atoms with E-state index in [0.29, 0.717) is 12.1 Å². The maximum atomic E-state index is 5.35. The van der Waals surface area contributed by atoms with E-state index >= 15 is 0 Å². The monoisotopic (exact) mass is 348 g/mol. The van der Waals surface area contributed by atoms with Crippen molar-refractivity contribution in [3.05, 3.63) is 21.2 Å². The van der Waals surface area contributed by atoms with Gasteiger partial charge >= 0.3 is 0 Å². The van der Waals surface area contributed by atoms with Crippen molar-refractivity contribution in [2.24, 2.45) is 0 Å². The van der Waals surface area contributed by atoms with Gasteiger partial charge in [0.25, 0.3) is 0 Å². The van der Waals surface area contributed by atoms with E-state index in [2.05, 4.69) is 42.2 Å². The van der Waals surface area contributed by atoms with E-state index in [0.717, 1.165) is 34.0 Å². The summed E-state index contributed by atoms with van der Waals surface area (Å²) in [5.41, 5.74) is 0. The number of pyridine rings is 1. The third kappa shape index (κ3) is 2.96. The first-order valence-corrected chi connectivity index (χ1v) is 6.88. The number of hydrogen-bond acceptors (Lipinski definition) is 3. The number of nitrogens with zero attached hydrogens (tertiary/aromatic N) is 1. The van der Waals surface area contributed by atoms with Crippen LogP contribution in [0.2, 0.25) is 0 Å². The van der Waals surface area contributed by atoms with E-state index in [1.54, 1.807) is 13.3 Å². The number of halogens is 2. The van der Waals surface area contributed by atoms with Crippen LogP contribution in [0, 0.1) is 0 Å². The van der Waals surface area contributed by atoms with E-state index in [9.17, 15) is 0 Å². The van der Waals surface area contributed by atoms with Gasteiger partial charge in [-0.25, -0.2) is 4.98 Å². The smallest absolute Gasteiger partial charge is 0.140 e. The molecule has 0 aliphatic heterocycles. The summed E-state index contributed by atoms with van der Waals surface area (Å²) in [6, 6.07) is 2.47. The Morgan fingerprint density at radius 2 is 2.25 bits per heavy atom. The maximum Gasteiger partial charge on any atom is 0.140 e. The van der Waals surface area contributed by atoms with Crippen LogP contribution < -0.4 is 5.32 Å². The van der Waals surface area contributed by atoms with Crippen LogP contribution in [0.5, 0.6) is 0 Å². The predicted molar refractivity (Wildman–Crippen MR) is 71.7 cm³/mol. The van der Waals surface area contributed by atoms with Gasteiger partial charge in [0.2, 0.25) is 0 Å². The van der Waals surface area contributed by atoms with Crippen LogP contribution in [0.4, 0.5) is 5.82 Å². The molecule has 2 rings (SSSR count). The maximum absolute atomic E-state index is 5.35. The lowest BCUT2D eigenvalue weighted by Crippen LogP contribution is -2.18. The molecule has 1 aliphatic rings. The number of methoxy groups -OCH3 is 1. The van der Waals surface area contributed by atoms with Crippen molar-refractivity contribution in [1.29, 1.82) is 0 Å². The van der Waals surface area contributed by atoms with Gasteiger partial charge in [-0.15, -0.1) is 0 Å². The second-order valence-corrected chi connectivity index (χ2v) is 5.77. The zero-order chi connectivity index (χ0) is 11.5. The molecule has 2 unspecified atom stereocenters. The average Bonchev–Trinajstić information content (AvgIpc) is 2.70. The van der Waals surface area contributed by atoms with Gasteiger partial charge in [-0.1, -0.05) is 0 Å². The highest BCUT2D eigenvalue weighted by Crippen LogP contribution is 2.28. The fourth-order valence-electron chi connectivity index (χ4n) is 2.00. The molecule has 0 saturated heterocycles. The van der Waals surface area contributed by atoms with Crippen LogP contribution >= 0.6 is 31.9 Å². The normalized spacial score (nSPS) is 24.7. The van der Waals surface area contributed by atoms with Gasteiger partial charge in [-0.05, 0) is 57.2 Å². The number of anilines is 1. The highest BCUT2D eigenvalue weighted by atomic mass is 79.9. The van der Waals surface area contributed by atoms with Crippen LogP contribution in [-0.4, -0.2) is 24.2 Å². The molecule has 16 heavy (non-hydrogen) atoms. The molecule has 0 amide bonds. The molecule has 1 heterocycles. The minimum Gasteiger partial charge on any atom is -0.381 e. The molecular weight excluding hydrogens is 336 g/mol. The summed E-state index contributed by atoms with van der Waals surface area (Å²) in [6.45, 7) is 0. The Balaban J connectivity index is 1.99. The second-order valence-electron chi connectivity index (χ2n) is 4.00. The second kappa shape index (κ2) is 5.47. The molecule has 0 bridgehead atoms.